The van der Waals surface area contributed by atoms with E-state index in [1.165, 1.54) is 12.1 Å². The third kappa shape index (κ3) is 38.8. The Morgan fingerprint density at radius 1 is 0.612 bits per heavy atom. The van der Waals surface area contributed by atoms with Crippen molar-refractivity contribution in [2.24, 2.45) is 0 Å². The number of benzene rings is 1. The van der Waals surface area contributed by atoms with Gasteiger partial charge in [-0.05, 0) is 67.0 Å². The van der Waals surface area contributed by atoms with Crippen molar-refractivity contribution in [2.45, 2.75) is 90.7 Å². The van der Waals surface area contributed by atoms with Gasteiger partial charge in [-0.15, -0.1) is 0 Å². The maximum atomic E-state index is 11.3. The maximum Gasteiger partial charge on any atom is 0.308 e. The van der Waals surface area contributed by atoms with Crippen molar-refractivity contribution in [1.29, 1.82) is 0 Å². The number of halogens is 1. The molecule has 0 heterocycles. The van der Waals surface area contributed by atoms with E-state index in [4.69, 9.17) is 53.7 Å². The third-order valence-corrected chi connectivity index (χ3v) is 6.49. The average Bonchev–Trinajstić information content (AvgIpc) is 2.98. The Balaban J connectivity index is 0. The zero-order valence-electron chi connectivity index (χ0n) is 30.8. The molecule has 0 spiro atoms. The van der Waals surface area contributed by atoms with Gasteiger partial charge in [-0.25, -0.2) is 8.42 Å². The van der Waals surface area contributed by atoms with Crippen LogP contribution in [0.15, 0.2) is 29.2 Å². The molecule has 0 aliphatic carbocycles. The van der Waals surface area contributed by atoms with Crippen LogP contribution in [0.4, 0.5) is 0 Å². The highest BCUT2D eigenvalue weighted by Crippen LogP contribution is 2.14. The zero-order chi connectivity index (χ0) is 37.6. The Morgan fingerprint density at radius 3 is 1.24 bits per heavy atom. The molecule has 0 saturated heterocycles. The molecule has 0 aliphatic heterocycles. The number of carbonyl (C=O) groups excluding carboxylic acids is 2. The summed E-state index contributed by atoms with van der Waals surface area (Å²) in [4.78, 5) is 22.8. The Labute approximate surface area is 298 Å². The topological polar surface area (TPSA) is 162 Å². The SMILES string of the molecule is CC(C)(C)OC(=O)CCOCCOCCOCCO.CCCOCCOCCOCCC(=O)OC(C)(C)C.Cc1ccc(S(=O)(=O)Cl)cc1. The molecule has 0 bridgehead atoms. The van der Waals surface area contributed by atoms with Crippen LogP contribution in [-0.4, -0.2) is 123 Å². The largest absolute Gasteiger partial charge is 0.460 e. The Hall–Kier alpha value is -1.88. The van der Waals surface area contributed by atoms with Crippen LogP contribution in [0.3, 0.4) is 0 Å². The number of hydrogen-bond donors (Lipinski definition) is 1. The average molecular weight is 745 g/mol. The van der Waals surface area contributed by atoms with Gasteiger partial charge in [0.25, 0.3) is 9.05 Å². The Kier molecular flexibility index (Phi) is 30.0. The molecule has 1 aromatic carbocycles. The Morgan fingerprint density at radius 2 is 0.939 bits per heavy atom. The highest BCUT2D eigenvalue weighted by molar-refractivity contribution is 8.13. The monoisotopic (exact) mass is 744 g/mol. The summed E-state index contributed by atoms with van der Waals surface area (Å²) in [5, 5.41) is 8.46. The summed E-state index contributed by atoms with van der Waals surface area (Å²) in [6.45, 7) is 20.8. The number of aryl methyl sites for hydroxylation is 1. The summed E-state index contributed by atoms with van der Waals surface area (Å²) in [6.07, 6.45) is 1.54. The molecule has 0 fully saturated rings. The molecular weight excluding hydrogens is 684 g/mol. The molecule has 0 saturated carbocycles. The molecule has 0 aliphatic rings. The smallest absolute Gasteiger partial charge is 0.308 e. The quantitative estimate of drug-likeness (QED) is 0.0920. The van der Waals surface area contributed by atoms with E-state index in [-0.39, 0.29) is 36.3 Å². The lowest BCUT2D eigenvalue weighted by Crippen LogP contribution is -2.24. The first-order valence-corrected chi connectivity index (χ1v) is 18.7. The van der Waals surface area contributed by atoms with Gasteiger partial charge in [-0.1, -0.05) is 24.6 Å². The minimum Gasteiger partial charge on any atom is -0.460 e. The van der Waals surface area contributed by atoms with E-state index in [0.717, 1.165) is 18.6 Å². The van der Waals surface area contributed by atoms with Crippen LogP contribution < -0.4 is 0 Å². The van der Waals surface area contributed by atoms with Crippen molar-refractivity contribution in [3.8, 4) is 0 Å². The minimum atomic E-state index is -3.55. The lowest BCUT2D eigenvalue weighted by molar-refractivity contribution is -0.157. The molecule has 1 rings (SSSR count). The molecule has 1 N–H and O–H groups in total. The van der Waals surface area contributed by atoms with E-state index in [1.54, 1.807) is 12.1 Å². The summed E-state index contributed by atoms with van der Waals surface area (Å²) in [7, 11) is 1.54. The van der Waals surface area contributed by atoms with Crippen molar-refractivity contribution in [3.63, 3.8) is 0 Å². The number of esters is 2. The van der Waals surface area contributed by atoms with Crippen molar-refractivity contribution in [2.75, 3.05) is 85.9 Å². The standard InChI is InChI=1S/C14H28O5.C13H26O6.C7H7ClO2S/c1-5-7-16-9-11-18-12-10-17-8-6-13(15)19-14(2,3)4;1-13(2,3)19-12(15)4-6-16-8-10-18-11-9-17-7-5-14;1-6-2-4-7(5-3-6)11(8,9)10/h5-12H2,1-4H3;14H,4-11H2,1-3H3;2-5H,1H3. The van der Waals surface area contributed by atoms with E-state index in [0.29, 0.717) is 72.7 Å². The number of aliphatic hydroxyl groups is 1. The molecule has 49 heavy (non-hydrogen) atoms. The van der Waals surface area contributed by atoms with Gasteiger partial charge in [-0.3, -0.25) is 9.59 Å². The second-order valence-corrected chi connectivity index (χ2v) is 14.9. The van der Waals surface area contributed by atoms with Crippen LogP contribution in [0.5, 0.6) is 0 Å². The summed E-state index contributed by atoms with van der Waals surface area (Å²) < 4.78 is 63.0. The third-order valence-electron chi connectivity index (χ3n) is 5.12. The van der Waals surface area contributed by atoms with Gasteiger partial charge in [0.05, 0.1) is 97.0 Å². The van der Waals surface area contributed by atoms with Gasteiger partial charge < -0.3 is 43.0 Å². The maximum absolute atomic E-state index is 11.3. The van der Waals surface area contributed by atoms with Gasteiger partial charge in [-0.2, -0.15) is 0 Å². The highest BCUT2D eigenvalue weighted by Gasteiger charge is 2.16. The first-order valence-electron chi connectivity index (χ1n) is 16.4. The molecule has 15 heteroatoms. The predicted octanol–water partition coefficient (Wildman–Crippen LogP) is 4.86. The van der Waals surface area contributed by atoms with Crippen LogP contribution in [0.2, 0.25) is 0 Å². The molecule has 288 valence electrons. The van der Waals surface area contributed by atoms with E-state index >= 15 is 0 Å². The first-order chi connectivity index (χ1) is 22.9. The van der Waals surface area contributed by atoms with Crippen LogP contribution >= 0.6 is 10.7 Å². The lowest BCUT2D eigenvalue weighted by Gasteiger charge is -2.19. The first kappa shape index (κ1) is 49.2. The van der Waals surface area contributed by atoms with Gasteiger partial charge in [0.15, 0.2) is 0 Å². The molecule has 0 aromatic heterocycles. The van der Waals surface area contributed by atoms with Crippen molar-refractivity contribution in [3.05, 3.63) is 29.8 Å². The number of ether oxygens (including phenoxy) is 8. The second-order valence-electron chi connectivity index (χ2n) is 12.3. The van der Waals surface area contributed by atoms with Crippen LogP contribution in [0.25, 0.3) is 0 Å². The molecule has 0 atom stereocenters. The second kappa shape index (κ2) is 29.8. The number of aliphatic hydroxyl groups excluding tert-OH is 1. The number of hydrogen-bond acceptors (Lipinski definition) is 13. The Bertz CT molecular complexity index is 1010. The zero-order valence-corrected chi connectivity index (χ0v) is 32.3. The normalized spacial score (nSPS) is 11.6. The number of carbonyl (C=O) groups is 2. The minimum absolute atomic E-state index is 0.0216. The number of rotatable bonds is 23. The molecule has 13 nitrogen and oxygen atoms in total. The fourth-order valence-electron chi connectivity index (χ4n) is 3.09. The van der Waals surface area contributed by atoms with Crippen LogP contribution in [0, 0.1) is 6.92 Å². The van der Waals surface area contributed by atoms with Crippen molar-refractivity contribution in [1.82, 2.24) is 0 Å². The molecular formula is C34H61ClO13S. The van der Waals surface area contributed by atoms with Crippen LogP contribution in [-0.2, 0) is 56.5 Å². The van der Waals surface area contributed by atoms with E-state index in [2.05, 4.69) is 6.92 Å². The summed E-state index contributed by atoms with van der Waals surface area (Å²) in [5.74, 6) is -0.493. The fourth-order valence-corrected chi connectivity index (χ4v) is 3.86. The highest BCUT2D eigenvalue weighted by atomic mass is 35.7. The van der Waals surface area contributed by atoms with Gasteiger partial charge in [0.2, 0.25) is 0 Å². The van der Waals surface area contributed by atoms with E-state index in [9.17, 15) is 18.0 Å². The molecule has 0 radical (unpaired) electrons. The van der Waals surface area contributed by atoms with Crippen molar-refractivity contribution >= 4 is 31.7 Å². The molecule has 1 aromatic rings. The molecule has 0 unspecified atom stereocenters. The van der Waals surface area contributed by atoms with E-state index in [1.807, 2.05) is 48.5 Å². The van der Waals surface area contributed by atoms with Crippen molar-refractivity contribution < 1.29 is 61.0 Å². The molecule has 0 amide bonds. The predicted molar refractivity (Wildman–Crippen MR) is 187 cm³/mol. The summed E-state index contributed by atoms with van der Waals surface area (Å²) in [6, 6.07) is 6.37. The lowest BCUT2D eigenvalue weighted by atomic mass is 10.2. The summed E-state index contributed by atoms with van der Waals surface area (Å²) in [5.41, 5.74) is 0.127. The van der Waals surface area contributed by atoms with Gasteiger partial charge in [0, 0.05) is 17.3 Å². The van der Waals surface area contributed by atoms with Gasteiger partial charge in [0.1, 0.15) is 11.2 Å². The van der Waals surface area contributed by atoms with Gasteiger partial charge >= 0.3 is 11.9 Å². The summed E-state index contributed by atoms with van der Waals surface area (Å²) >= 11 is 0. The fraction of sp³-hybridized carbons (Fsp3) is 0.765. The van der Waals surface area contributed by atoms with Crippen LogP contribution in [0.1, 0.15) is 73.3 Å². The van der Waals surface area contributed by atoms with E-state index < -0.39 is 20.3 Å².